The number of pyridine rings is 1. The molecule has 0 spiro atoms. The molecular weight excluding hydrogens is 444 g/mol. The van der Waals surface area contributed by atoms with Crippen LogP contribution in [-0.4, -0.2) is 67.4 Å². The number of nitrogens with zero attached hydrogens (tertiary/aromatic N) is 6. The van der Waals surface area contributed by atoms with Crippen molar-refractivity contribution in [3.63, 3.8) is 0 Å². The van der Waals surface area contributed by atoms with Crippen molar-refractivity contribution in [3.8, 4) is 17.1 Å². The van der Waals surface area contributed by atoms with Gasteiger partial charge in [-0.25, -0.2) is 0 Å². The van der Waals surface area contributed by atoms with E-state index in [1.54, 1.807) is 0 Å². The number of aromatic nitrogens is 4. The predicted octanol–water partition coefficient (Wildman–Crippen LogP) is 3.77. The van der Waals surface area contributed by atoms with Gasteiger partial charge in [0, 0.05) is 50.2 Å². The number of thioether (sulfide) groups is 1. The summed E-state index contributed by atoms with van der Waals surface area (Å²) < 4.78 is 2.03. The smallest absolute Gasteiger partial charge is 0.233 e. The molecule has 8 heteroatoms. The number of carbonyl (C=O) groups excluding carboxylic acids is 1. The van der Waals surface area contributed by atoms with Crippen molar-refractivity contribution in [2.45, 2.75) is 11.7 Å². The van der Waals surface area contributed by atoms with Crippen molar-refractivity contribution in [3.05, 3.63) is 90.8 Å². The van der Waals surface area contributed by atoms with Gasteiger partial charge >= 0.3 is 0 Å². The van der Waals surface area contributed by atoms with Gasteiger partial charge in [0.05, 0.1) is 11.4 Å². The van der Waals surface area contributed by atoms with Crippen LogP contribution >= 0.6 is 11.8 Å². The number of amides is 1. The zero-order valence-electron chi connectivity index (χ0n) is 18.8. The minimum atomic E-state index is 0.131. The lowest BCUT2D eigenvalue weighted by Crippen LogP contribution is -2.48. The maximum Gasteiger partial charge on any atom is 0.233 e. The van der Waals surface area contributed by atoms with Crippen LogP contribution in [0.2, 0.25) is 0 Å². The summed E-state index contributed by atoms with van der Waals surface area (Å²) >= 11 is 1.44. The number of benzene rings is 2. The minimum absolute atomic E-state index is 0.131. The Morgan fingerprint density at radius 2 is 1.53 bits per heavy atom. The van der Waals surface area contributed by atoms with Crippen LogP contribution in [0.1, 0.15) is 5.69 Å². The molecule has 4 aromatic rings. The van der Waals surface area contributed by atoms with E-state index in [4.69, 9.17) is 0 Å². The molecule has 1 saturated heterocycles. The Kier molecular flexibility index (Phi) is 6.97. The van der Waals surface area contributed by atoms with Gasteiger partial charge in [-0.1, -0.05) is 66.4 Å². The minimum Gasteiger partial charge on any atom is -0.339 e. The van der Waals surface area contributed by atoms with Crippen molar-refractivity contribution < 1.29 is 4.79 Å². The van der Waals surface area contributed by atoms with Gasteiger partial charge in [0.15, 0.2) is 11.0 Å². The number of hydrogen-bond acceptors (Lipinski definition) is 6. The first-order valence-electron chi connectivity index (χ1n) is 11.4. The molecule has 0 radical (unpaired) electrons. The molecule has 2 aromatic heterocycles. The number of rotatable bonds is 7. The summed E-state index contributed by atoms with van der Waals surface area (Å²) in [7, 11) is 0. The van der Waals surface area contributed by atoms with E-state index in [9.17, 15) is 4.79 Å². The fourth-order valence-electron chi connectivity index (χ4n) is 4.04. The quantitative estimate of drug-likeness (QED) is 0.383. The summed E-state index contributed by atoms with van der Waals surface area (Å²) in [6.07, 6.45) is 1.82. The maximum atomic E-state index is 13.0. The molecule has 0 saturated carbocycles. The highest BCUT2D eigenvalue weighted by atomic mass is 32.2. The molecule has 34 heavy (non-hydrogen) atoms. The molecule has 172 valence electrons. The zero-order valence-corrected chi connectivity index (χ0v) is 19.6. The molecule has 0 atom stereocenters. The number of para-hydroxylation sites is 1. The molecule has 3 heterocycles. The standard InChI is InChI=1S/C26H26N6OS/c33-24(31-17-15-30(16-18-31)19-22-11-7-8-14-27-22)20-34-26-29-28-25(21-9-3-1-4-10-21)32(26)23-12-5-2-6-13-23/h1-14H,15-20H2. The van der Waals surface area contributed by atoms with Gasteiger partial charge in [0.1, 0.15) is 0 Å². The molecule has 0 unspecified atom stereocenters. The SMILES string of the molecule is O=C(CSc1nnc(-c2ccccc2)n1-c1ccccc1)N1CCN(Cc2ccccn2)CC1. The summed E-state index contributed by atoms with van der Waals surface area (Å²) in [4.78, 5) is 21.7. The van der Waals surface area contributed by atoms with Crippen LogP contribution in [0.3, 0.4) is 0 Å². The molecule has 7 nitrogen and oxygen atoms in total. The van der Waals surface area contributed by atoms with E-state index in [0.29, 0.717) is 10.9 Å². The van der Waals surface area contributed by atoms with E-state index in [1.807, 2.05) is 94.5 Å². The Morgan fingerprint density at radius 3 is 2.24 bits per heavy atom. The van der Waals surface area contributed by atoms with Crippen molar-refractivity contribution in [1.29, 1.82) is 0 Å². The normalized spacial score (nSPS) is 14.3. The van der Waals surface area contributed by atoms with Gasteiger partial charge < -0.3 is 4.90 Å². The Bertz CT molecular complexity index is 1210. The van der Waals surface area contributed by atoms with Crippen LogP contribution < -0.4 is 0 Å². The molecule has 1 aliphatic rings. The molecule has 0 N–H and O–H groups in total. The topological polar surface area (TPSA) is 67.2 Å². The van der Waals surface area contributed by atoms with Gasteiger partial charge in [-0.2, -0.15) is 0 Å². The highest BCUT2D eigenvalue weighted by molar-refractivity contribution is 7.99. The van der Waals surface area contributed by atoms with E-state index < -0.39 is 0 Å². The fourth-order valence-corrected chi connectivity index (χ4v) is 4.90. The van der Waals surface area contributed by atoms with E-state index in [2.05, 4.69) is 20.1 Å². The Labute approximate surface area is 203 Å². The lowest BCUT2D eigenvalue weighted by molar-refractivity contribution is -0.130. The monoisotopic (exact) mass is 470 g/mol. The average molecular weight is 471 g/mol. The Morgan fingerprint density at radius 1 is 0.824 bits per heavy atom. The molecule has 1 fully saturated rings. The third kappa shape index (κ3) is 5.18. The fraction of sp³-hybridized carbons (Fsp3) is 0.231. The highest BCUT2D eigenvalue weighted by Gasteiger charge is 2.23. The van der Waals surface area contributed by atoms with Crippen LogP contribution in [0.4, 0.5) is 0 Å². The summed E-state index contributed by atoms with van der Waals surface area (Å²) in [5, 5.41) is 9.61. The van der Waals surface area contributed by atoms with Gasteiger partial charge in [0.2, 0.25) is 5.91 Å². The molecule has 1 aliphatic heterocycles. The Balaban J connectivity index is 1.24. The van der Waals surface area contributed by atoms with Crippen molar-refractivity contribution in [2.24, 2.45) is 0 Å². The summed E-state index contributed by atoms with van der Waals surface area (Å²) in [6, 6.07) is 26.0. The molecule has 5 rings (SSSR count). The van der Waals surface area contributed by atoms with E-state index in [1.165, 1.54) is 11.8 Å². The van der Waals surface area contributed by atoms with E-state index in [0.717, 1.165) is 55.5 Å². The molecule has 0 bridgehead atoms. The van der Waals surface area contributed by atoms with Crippen LogP contribution in [0.15, 0.2) is 90.2 Å². The van der Waals surface area contributed by atoms with Crippen LogP contribution in [0.25, 0.3) is 17.1 Å². The van der Waals surface area contributed by atoms with Crippen LogP contribution in [0, 0.1) is 0 Å². The third-order valence-corrected chi connectivity index (χ3v) is 6.75. The second-order valence-electron chi connectivity index (χ2n) is 8.11. The van der Waals surface area contributed by atoms with Gasteiger partial charge in [-0.3, -0.25) is 19.2 Å². The average Bonchev–Trinajstić information content (AvgIpc) is 3.33. The molecule has 1 amide bonds. The predicted molar refractivity (Wildman–Crippen MR) is 134 cm³/mol. The van der Waals surface area contributed by atoms with Gasteiger partial charge in [-0.05, 0) is 24.3 Å². The maximum absolute atomic E-state index is 13.0. The number of piperazine rings is 1. The van der Waals surface area contributed by atoms with E-state index >= 15 is 0 Å². The molecular formula is C26H26N6OS. The molecule has 0 aliphatic carbocycles. The summed E-state index contributed by atoms with van der Waals surface area (Å²) in [6.45, 7) is 3.98. The lowest BCUT2D eigenvalue weighted by atomic mass is 10.2. The second-order valence-corrected chi connectivity index (χ2v) is 9.05. The van der Waals surface area contributed by atoms with E-state index in [-0.39, 0.29) is 5.91 Å². The van der Waals surface area contributed by atoms with Crippen molar-refractivity contribution >= 4 is 17.7 Å². The van der Waals surface area contributed by atoms with Crippen LogP contribution in [0.5, 0.6) is 0 Å². The lowest BCUT2D eigenvalue weighted by Gasteiger charge is -2.34. The largest absolute Gasteiger partial charge is 0.339 e. The summed E-state index contributed by atoms with van der Waals surface area (Å²) in [5.41, 5.74) is 3.03. The number of hydrogen-bond donors (Lipinski definition) is 0. The Hall–Kier alpha value is -3.49. The summed E-state index contributed by atoms with van der Waals surface area (Å²) in [5.74, 6) is 1.23. The first-order chi connectivity index (χ1) is 16.8. The zero-order chi connectivity index (χ0) is 23.2. The van der Waals surface area contributed by atoms with Crippen molar-refractivity contribution in [1.82, 2.24) is 29.5 Å². The molecule has 2 aromatic carbocycles. The second kappa shape index (κ2) is 10.6. The number of carbonyl (C=O) groups is 1. The van der Waals surface area contributed by atoms with Gasteiger partial charge in [-0.15, -0.1) is 10.2 Å². The first kappa shape index (κ1) is 22.3. The van der Waals surface area contributed by atoms with Crippen molar-refractivity contribution in [2.75, 3.05) is 31.9 Å². The highest BCUT2D eigenvalue weighted by Crippen LogP contribution is 2.28. The first-order valence-corrected chi connectivity index (χ1v) is 12.4. The third-order valence-electron chi connectivity index (χ3n) is 5.84. The van der Waals surface area contributed by atoms with Crippen LogP contribution in [-0.2, 0) is 11.3 Å². The van der Waals surface area contributed by atoms with Gasteiger partial charge in [0.25, 0.3) is 0 Å².